The fraction of sp³-hybridized carbons (Fsp3) is 0.360. The Kier molecular flexibility index (Phi) is 5.47. The highest BCUT2D eigenvalue weighted by Crippen LogP contribution is 2.43. The van der Waals surface area contributed by atoms with Gasteiger partial charge in [-0.15, -0.1) is 0 Å². The lowest BCUT2D eigenvalue weighted by molar-refractivity contribution is 0.302. The van der Waals surface area contributed by atoms with Crippen molar-refractivity contribution >= 4 is 0 Å². The molecule has 0 atom stereocenters. The molecule has 0 N–H and O–H groups in total. The molecule has 0 saturated heterocycles. The fourth-order valence-corrected chi connectivity index (χ4v) is 4.47. The van der Waals surface area contributed by atoms with Crippen LogP contribution in [-0.4, -0.2) is 36.7 Å². The lowest BCUT2D eigenvalue weighted by Gasteiger charge is -2.16. The molecule has 34 heavy (non-hydrogen) atoms. The summed E-state index contributed by atoms with van der Waals surface area (Å²) in [7, 11) is 5.12. The predicted octanol–water partition coefficient (Wildman–Crippen LogP) is 3.45. The molecule has 2 heterocycles. The largest absolute Gasteiger partial charge is 0.489 e. The molecule has 9 nitrogen and oxygen atoms in total. The number of aryl methyl sites for hydroxylation is 3. The molecule has 2 aromatic heterocycles. The molecule has 1 fully saturated rings. The second-order valence-corrected chi connectivity index (χ2v) is 8.79. The van der Waals surface area contributed by atoms with Crippen LogP contribution < -0.4 is 15.2 Å². The summed E-state index contributed by atoms with van der Waals surface area (Å²) >= 11 is 0. The normalized spacial score (nSPS) is 13.3. The predicted molar refractivity (Wildman–Crippen MR) is 128 cm³/mol. The number of rotatable bonds is 7. The molecular weight excluding hydrogens is 432 g/mol. The average molecular weight is 461 g/mol. The first-order valence-corrected chi connectivity index (χ1v) is 11.3. The molecule has 0 radical (unpaired) electrons. The van der Waals surface area contributed by atoms with Crippen molar-refractivity contribution in [2.75, 3.05) is 7.11 Å². The van der Waals surface area contributed by atoms with Crippen molar-refractivity contribution in [3.8, 4) is 28.6 Å². The van der Waals surface area contributed by atoms with Crippen LogP contribution in [0.15, 0.2) is 41.2 Å². The van der Waals surface area contributed by atoms with Crippen LogP contribution in [0.3, 0.4) is 0 Å². The molecule has 2 aromatic carbocycles. The quantitative estimate of drug-likeness (QED) is 0.420. The Morgan fingerprint density at radius 1 is 1.06 bits per heavy atom. The first kappa shape index (κ1) is 21.9. The molecule has 1 aliphatic carbocycles. The highest BCUT2D eigenvalue weighted by molar-refractivity contribution is 5.67. The van der Waals surface area contributed by atoms with Crippen LogP contribution in [-0.2, 0) is 20.7 Å². The van der Waals surface area contributed by atoms with E-state index in [9.17, 15) is 4.79 Å². The number of methoxy groups -OCH3 is 1. The third-order valence-corrected chi connectivity index (χ3v) is 6.39. The molecular formula is C25H28N6O3. The smallest absolute Gasteiger partial charge is 0.368 e. The molecule has 0 aliphatic heterocycles. The maximum atomic E-state index is 12.5. The number of nitrogens with zero attached hydrogens (tertiary/aromatic N) is 6. The highest BCUT2D eigenvalue weighted by atomic mass is 16.5. The van der Waals surface area contributed by atoms with Crippen molar-refractivity contribution in [1.82, 2.24) is 29.6 Å². The molecule has 5 rings (SSSR count). The van der Waals surface area contributed by atoms with Gasteiger partial charge in [0.2, 0.25) is 5.88 Å². The highest BCUT2D eigenvalue weighted by Gasteiger charge is 2.28. The van der Waals surface area contributed by atoms with E-state index in [1.54, 1.807) is 18.8 Å². The van der Waals surface area contributed by atoms with Gasteiger partial charge < -0.3 is 9.47 Å². The third kappa shape index (κ3) is 3.76. The standard InChI is InChI=1S/C25H28N6O3/c1-15-13-18(23-16(2)24(33-5)29(3)26-23)11-12-22(15)34-14-20-19(17-9-10-17)7-6-8-21(20)31-25(32)30(4)27-28-31/h6-8,11-13,17H,9-10,14H2,1-5H3. The van der Waals surface area contributed by atoms with Gasteiger partial charge in [0, 0.05) is 30.8 Å². The van der Waals surface area contributed by atoms with Gasteiger partial charge in [-0.3, -0.25) is 0 Å². The fourth-order valence-electron chi connectivity index (χ4n) is 4.47. The molecule has 4 aromatic rings. The first-order valence-electron chi connectivity index (χ1n) is 11.3. The van der Waals surface area contributed by atoms with E-state index in [-0.39, 0.29) is 5.69 Å². The van der Waals surface area contributed by atoms with Crippen LogP contribution in [0.2, 0.25) is 0 Å². The van der Waals surface area contributed by atoms with Gasteiger partial charge in [0.15, 0.2) is 0 Å². The van der Waals surface area contributed by atoms with Gasteiger partial charge in [0.05, 0.1) is 18.5 Å². The molecule has 1 aliphatic rings. The van der Waals surface area contributed by atoms with Crippen molar-refractivity contribution in [3.05, 3.63) is 69.1 Å². The summed E-state index contributed by atoms with van der Waals surface area (Å²) in [5.41, 5.74) is 6.51. The van der Waals surface area contributed by atoms with E-state index in [1.165, 1.54) is 14.9 Å². The van der Waals surface area contributed by atoms with Crippen molar-refractivity contribution in [1.29, 1.82) is 0 Å². The summed E-state index contributed by atoms with van der Waals surface area (Å²) in [6, 6.07) is 12.0. The number of hydrogen-bond donors (Lipinski definition) is 0. The Balaban J connectivity index is 1.46. The van der Waals surface area contributed by atoms with E-state index in [0.29, 0.717) is 18.2 Å². The van der Waals surface area contributed by atoms with Crippen molar-refractivity contribution < 1.29 is 9.47 Å². The topological polar surface area (TPSA) is 89.0 Å². The second-order valence-electron chi connectivity index (χ2n) is 8.79. The van der Waals surface area contributed by atoms with Crippen molar-refractivity contribution in [3.63, 3.8) is 0 Å². The zero-order chi connectivity index (χ0) is 24.0. The average Bonchev–Trinajstić information content (AvgIpc) is 3.56. The van der Waals surface area contributed by atoms with Gasteiger partial charge in [-0.1, -0.05) is 12.1 Å². The molecule has 0 spiro atoms. The minimum Gasteiger partial charge on any atom is -0.489 e. The minimum absolute atomic E-state index is 0.282. The van der Waals surface area contributed by atoms with Gasteiger partial charge in [-0.05, 0) is 78.4 Å². The molecule has 176 valence electrons. The number of ether oxygens (including phenoxy) is 2. The van der Waals surface area contributed by atoms with Crippen molar-refractivity contribution in [2.24, 2.45) is 14.1 Å². The second kappa shape index (κ2) is 8.48. The zero-order valence-electron chi connectivity index (χ0n) is 20.1. The number of benzene rings is 2. The van der Waals surface area contributed by atoms with E-state index >= 15 is 0 Å². The molecule has 9 heteroatoms. The number of aromatic nitrogens is 6. The van der Waals surface area contributed by atoms with E-state index in [0.717, 1.165) is 52.4 Å². The Labute approximate surface area is 197 Å². The molecule has 1 saturated carbocycles. The van der Waals surface area contributed by atoms with Gasteiger partial charge in [-0.25, -0.2) is 9.48 Å². The SMILES string of the molecule is COc1c(C)c(-c2ccc(OCc3c(C4CC4)cccc3-n3nnn(C)c3=O)c(C)c2)nn1C. The monoisotopic (exact) mass is 460 g/mol. The lowest BCUT2D eigenvalue weighted by atomic mass is 10.0. The molecule has 0 bridgehead atoms. The van der Waals surface area contributed by atoms with Gasteiger partial charge >= 0.3 is 5.69 Å². The Bertz CT molecular complexity index is 1430. The van der Waals surface area contributed by atoms with Gasteiger partial charge in [0.25, 0.3) is 0 Å². The summed E-state index contributed by atoms with van der Waals surface area (Å²) < 4.78 is 16.1. The van der Waals surface area contributed by atoms with Gasteiger partial charge in [0.1, 0.15) is 12.4 Å². The van der Waals surface area contributed by atoms with Crippen LogP contribution in [0.1, 0.15) is 41.0 Å². The zero-order valence-corrected chi connectivity index (χ0v) is 20.1. The van der Waals surface area contributed by atoms with E-state index in [2.05, 4.69) is 27.7 Å². The summed E-state index contributed by atoms with van der Waals surface area (Å²) in [4.78, 5) is 12.5. The van der Waals surface area contributed by atoms with Crippen LogP contribution in [0.5, 0.6) is 11.6 Å². The maximum Gasteiger partial charge on any atom is 0.368 e. The maximum absolute atomic E-state index is 12.5. The van der Waals surface area contributed by atoms with Crippen LogP contribution in [0.25, 0.3) is 16.9 Å². The summed E-state index contributed by atoms with van der Waals surface area (Å²) in [6.45, 7) is 4.36. The van der Waals surface area contributed by atoms with Crippen LogP contribution in [0, 0.1) is 13.8 Å². The summed E-state index contributed by atoms with van der Waals surface area (Å²) in [5, 5.41) is 12.5. The van der Waals surface area contributed by atoms with E-state index < -0.39 is 0 Å². The Hall–Kier alpha value is -3.88. The van der Waals surface area contributed by atoms with E-state index in [1.807, 2.05) is 45.2 Å². The Morgan fingerprint density at radius 3 is 2.47 bits per heavy atom. The Morgan fingerprint density at radius 2 is 1.85 bits per heavy atom. The number of hydrogen-bond acceptors (Lipinski definition) is 6. The number of tetrazole rings is 1. The third-order valence-electron chi connectivity index (χ3n) is 6.39. The van der Waals surface area contributed by atoms with Crippen LogP contribution >= 0.6 is 0 Å². The molecule has 0 unspecified atom stereocenters. The minimum atomic E-state index is -0.282. The summed E-state index contributed by atoms with van der Waals surface area (Å²) in [6.07, 6.45) is 2.29. The lowest BCUT2D eigenvalue weighted by Crippen LogP contribution is -2.23. The van der Waals surface area contributed by atoms with E-state index in [4.69, 9.17) is 9.47 Å². The summed E-state index contributed by atoms with van der Waals surface area (Å²) in [5.74, 6) is 2.03. The van der Waals surface area contributed by atoms with Gasteiger partial charge in [-0.2, -0.15) is 14.5 Å². The molecule has 0 amide bonds. The first-order chi connectivity index (χ1) is 16.4. The van der Waals surface area contributed by atoms with Crippen LogP contribution in [0.4, 0.5) is 0 Å². The van der Waals surface area contributed by atoms with Crippen molar-refractivity contribution in [2.45, 2.75) is 39.2 Å².